The van der Waals surface area contributed by atoms with E-state index in [0.717, 1.165) is 11.0 Å². The Labute approximate surface area is 180 Å². The lowest BCUT2D eigenvalue weighted by Crippen LogP contribution is -2.59. The number of para-hydroxylation sites is 1. The maximum absolute atomic E-state index is 13.3. The molecule has 0 spiro atoms. The first-order chi connectivity index (χ1) is 14.8. The molecule has 1 fully saturated rings. The number of carbonyl (C=O) groups is 1. The standard InChI is InChI=1S/C23H27FN4O3/c1-16(2)13-23(30)11-12-27(14-21(23)31-18-9-7-17(24)8-10-18)22(29)15-28-20-6-4-3-5-19(20)25-26-28/h3-10,16,21,30H,11-15H2,1-2H3/t21-,23+/m0/s1. The van der Waals surface area contributed by atoms with Gasteiger partial charge in [0.2, 0.25) is 5.91 Å². The highest BCUT2D eigenvalue weighted by Gasteiger charge is 2.44. The van der Waals surface area contributed by atoms with Crippen LogP contribution in [0.2, 0.25) is 0 Å². The van der Waals surface area contributed by atoms with Crippen LogP contribution in [0.5, 0.6) is 5.75 Å². The van der Waals surface area contributed by atoms with Crippen LogP contribution in [0.1, 0.15) is 26.7 Å². The number of hydrogen-bond acceptors (Lipinski definition) is 5. The van der Waals surface area contributed by atoms with E-state index in [1.807, 2.05) is 38.1 Å². The second kappa shape index (κ2) is 8.63. The third-order valence-corrected chi connectivity index (χ3v) is 5.71. The van der Waals surface area contributed by atoms with Crippen molar-refractivity contribution >= 4 is 16.9 Å². The van der Waals surface area contributed by atoms with Gasteiger partial charge in [-0.1, -0.05) is 31.2 Å². The number of hydrogen-bond donors (Lipinski definition) is 1. The van der Waals surface area contributed by atoms with E-state index in [-0.39, 0.29) is 30.7 Å². The van der Waals surface area contributed by atoms with Crippen LogP contribution in [-0.4, -0.2) is 55.7 Å². The smallest absolute Gasteiger partial charge is 0.244 e. The van der Waals surface area contributed by atoms with Gasteiger partial charge in [-0.25, -0.2) is 9.07 Å². The molecule has 31 heavy (non-hydrogen) atoms. The normalized spacial score (nSPS) is 21.6. The number of nitrogens with zero attached hydrogens (tertiary/aromatic N) is 4. The van der Waals surface area contributed by atoms with Crippen LogP contribution < -0.4 is 4.74 Å². The van der Waals surface area contributed by atoms with Gasteiger partial charge in [0.25, 0.3) is 0 Å². The first-order valence-electron chi connectivity index (χ1n) is 10.5. The summed E-state index contributed by atoms with van der Waals surface area (Å²) < 4.78 is 20.9. The number of ether oxygens (including phenoxy) is 1. The molecule has 7 nitrogen and oxygen atoms in total. The predicted molar refractivity (Wildman–Crippen MR) is 114 cm³/mol. The zero-order valence-electron chi connectivity index (χ0n) is 17.7. The van der Waals surface area contributed by atoms with Crippen LogP contribution in [0, 0.1) is 11.7 Å². The highest BCUT2D eigenvalue weighted by molar-refractivity contribution is 5.80. The molecule has 0 bridgehead atoms. The van der Waals surface area contributed by atoms with E-state index in [9.17, 15) is 14.3 Å². The molecule has 0 saturated carbocycles. The van der Waals surface area contributed by atoms with E-state index in [4.69, 9.17) is 4.74 Å². The van der Waals surface area contributed by atoms with Gasteiger partial charge in [-0.3, -0.25) is 4.79 Å². The summed E-state index contributed by atoms with van der Waals surface area (Å²) in [6.45, 7) is 4.82. The van der Waals surface area contributed by atoms with Crippen LogP contribution in [0.3, 0.4) is 0 Å². The molecule has 1 saturated heterocycles. The second-order valence-corrected chi connectivity index (χ2v) is 8.59. The van der Waals surface area contributed by atoms with Crippen molar-refractivity contribution in [3.8, 4) is 5.75 Å². The molecule has 0 aliphatic carbocycles. The largest absolute Gasteiger partial charge is 0.486 e. The van der Waals surface area contributed by atoms with Crippen molar-refractivity contribution in [1.82, 2.24) is 19.9 Å². The van der Waals surface area contributed by atoms with Gasteiger partial charge in [0.15, 0.2) is 0 Å². The van der Waals surface area contributed by atoms with Gasteiger partial charge in [-0.15, -0.1) is 5.10 Å². The Hall–Kier alpha value is -3.00. The number of amides is 1. The third-order valence-electron chi connectivity index (χ3n) is 5.71. The van der Waals surface area contributed by atoms with E-state index in [0.29, 0.717) is 25.1 Å². The molecule has 1 aromatic heterocycles. The monoisotopic (exact) mass is 426 g/mol. The van der Waals surface area contributed by atoms with E-state index < -0.39 is 11.7 Å². The summed E-state index contributed by atoms with van der Waals surface area (Å²) in [6, 6.07) is 13.2. The van der Waals surface area contributed by atoms with Crippen molar-refractivity contribution in [3.05, 3.63) is 54.3 Å². The zero-order valence-corrected chi connectivity index (χ0v) is 17.7. The predicted octanol–water partition coefficient (Wildman–Crippen LogP) is 3.03. The van der Waals surface area contributed by atoms with Crippen LogP contribution in [0.15, 0.2) is 48.5 Å². The maximum Gasteiger partial charge on any atom is 0.244 e. The second-order valence-electron chi connectivity index (χ2n) is 8.59. The van der Waals surface area contributed by atoms with Crippen LogP contribution in [-0.2, 0) is 11.3 Å². The van der Waals surface area contributed by atoms with Crippen molar-refractivity contribution in [2.45, 2.75) is 44.9 Å². The van der Waals surface area contributed by atoms with Crippen molar-refractivity contribution in [2.24, 2.45) is 5.92 Å². The number of likely N-dealkylation sites (tertiary alicyclic amines) is 1. The van der Waals surface area contributed by atoms with Crippen molar-refractivity contribution in [1.29, 1.82) is 0 Å². The minimum Gasteiger partial charge on any atom is -0.486 e. The molecule has 3 aromatic rings. The molecule has 1 N–H and O–H groups in total. The number of aromatic nitrogens is 3. The van der Waals surface area contributed by atoms with E-state index in [1.54, 1.807) is 9.58 Å². The molecule has 0 unspecified atom stereocenters. The minimum absolute atomic E-state index is 0.0619. The van der Waals surface area contributed by atoms with Crippen LogP contribution in [0.4, 0.5) is 4.39 Å². The molecule has 0 radical (unpaired) electrons. The van der Waals surface area contributed by atoms with Gasteiger partial charge < -0.3 is 14.7 Å². The number of fused-ring (bicyclic) bond motifs is 1. The fraction of sp³-hybridized carbons (Fsp3) is 0.435. The number of piperidine rings is 1. The van der Waals surface area contributed by atoms with Gasteiger partial charge >= 0.3 is 0 Å². The van der Waals surface area contributed by atoms with Gasteiger partial charge in [-0.2, -0.15) is 0 Å². The lowest BCUT2D eigenvalue weighted by atomic mass is 9.81. The fourth-order valence-corrected chi connectivity index (χ4v) is 4.20. The average molecular weight is 426 g/mol. The van der Waals surface area contributed by atoms with E-state index >= 15 is 0 Å². The molecular weight excluding hydrogens is 399 g/mol. The highest BCUT2D eigenvalue weighted by Crippen LogP contribution is 2.32. The van der Waals surface area contributed by atoms with E-state index in [2.05, 4.69) is 10.3 Å². The van der Waals surface area contributed by atoms with Crippen LogP contribution in [0.25, 0.3) is 11.0 Å². The Balaban J connectivity index is 1.51. The molecule has 1 aliphatic heterocycles. The van der Waals surface area contributed by atoms with Gasteiger partial charge in [0.1, 0.15) is 35.3 Å². The average Bonchev–Trinajstić information content (AvgIpc) is 3.13. The fourth-order valence-electron chi connectivity index (χ4n) is 4.20. The molecule has 8 heteroatoms. The number of rotatable bonds is 6. The summed E-state index contributed by atoms with van der Waals surface area (Å²) in [7, 11) is 0. The molecule has 164 valence electrons. The van der Waals surface area contributed by atoms with E-state index in [1.165, 1.54) is 24.3 Å². The first kappa shape index (κ1) is 21.2. The SMILES string of the molecule is CC(C)C[C@]1(O)CCN(C(=O)Cn2nnc3ccccc32)C[C@@H]1Oc1ccc(F)cc1. The zero-order chi connectivity index (χ0) is 22.0. The number of halogens is 1. The summed E-state index contributed by atoms with van der Waals surface area (Å²) in [4.78, 5) is 14.7. The topological polar surface area (TPSA) is 80.5 Å². The number of carbonyl (C=O) groups excluding carboxylic acids is 1. The minimum atomic E-state index is -1.07. The molecular formula is C23H27FN4O3. The third kappa shape index (κ3) is 4.69. The number of benzene rings is 2. The van der Waals surface area contributed by atoms with Crippen molar-refractivity contribution in [3.63, 3.8) is 0 Å². The Kier molecular flexibility index (Phi) is 5.91. The summed E-state index contributed by atoms with van der Waals surface area (Å²) in [5.41, 5.74) is 0.459. The Morgan fingerprint density at radius 2 is 2.00 bits per heavy atom. The van der Waals surface area contributed by atoms with Crippen molar-refractivity contribution in [2.75, 3.05) is 13.1 Å². The molecule has 2 heterocycles. The summed E-state index contributed by atoms with van der Waals surface area (Å²) in [6.07, 6.45) is 0.334. The Bertz CT molecular complexity index is 1050. The number of aliphatic hydroxyl groups is 1. The lowest BCUT2D eigenvalue weighted by molar-refractivity contribution is -0.149. The molecule has 2 atom stereocenters. The molecule has 1 aliphatic rings. The van der Waals surface area contributed by atoms with Gasteiger partial charge in [0, 0.05) is 6.54 Å². The quantitative estimate of drug-likeness (QED) is 0.655. The van der Waals surface area contributed by atoms with Crippen molar-refractivity contribution < 1.29 is 19.0 Å². The van der Waals surface area contributed by atoms with Crippen LogP contribution >= 0.6 is 0 Å². The molecule has 2 aromatic carbocycles. The summed E-state index contributed by atoms with van der Waals surface area (Å²) >= 11 is 0. The Morgan fingerprint density at radius 1 is 1.26 bits per heavy atom. The first-order valence-corrected chi connectivity index (χ1v) is 10.5. The summed E-state index contributed by atoms with van der Waals surface area (Å²) in [5, 5.41) is 19.5. The van der Waals surface area contributed by atoms with Gasteiger partial charge in [-0.05, 0) is 55.2 Å². The summed E-state index contributed by atoms with van der Waals surface area (Å²) in [5.74, 6) is 0.249. The highest BCUT2D eigenvalue weighted by atomic mass is 19.1. The lowest BCUT2D eigenvalue weighted by Gasteiger charge is -2.45. The van der Waals surface area contributed by atoms with Gasteiger partial charge in [0.05, 0.1) is 12.1 Å². The Morgan fingerprint density at radius 3 is 2.74 bits per heavy atom. The molecule has 4 rings (SSSR count). The molecule has 1 amide bonds. The maximum atomic E-state index is 13.3.